The molecule has 1 atom stereocenters. The summed E-state index contributed by atoms with van der Waals surface area (Å²) in [4.78, 5) is 28.2. The van der Waals surface area contributed by atoms with E-state index in [0.717, 1.165) is 32.1 Å². The summed E-state index contributed by atoms with van der Waals surface area (Å²) in [5, 5.41) is 0. The SMILES string of the molecule is NC1(CC(=O)N2CCN(C(=O)C3CCCO3)CC2)CCC1. The van der Waals surface area contributed by atoms with E-state index in [1.807, 2.05) is 9.80 Å². The minimum Gasteiger partial charge on any atom is -0.368 e. The molecule has 2 amide bonds. The number of piperazine rings is 1. The van der Waals surface area contributed by atoms with E-state index in [9.17, 15) is 9.59 Å². The fraction of sp³-hybridized carbons (Fsp3) is 0.867. The number of nitrogens with zero attached hydrogens (tertiary/aromatic N) is 2. The Morgan fingerprint density at radius 3 is 2.29 bits per heavy atom. The van der Waals surface area contributed by atoms with Gasteiger partial charge in [-0.3, -0.25) is 9.59 Å². The molecule has 0 radical (unpaired) electrons. The van der Waals surface area contributed by atoms with Gasteiger partial charge in [0.2, 0.25) is 5.91 Å². The molecule has 0 bridgehead atoms. The number of ether oxygens (including phenoxy) is 1. The van der Waals surface area contributed by atoms with Crippen LogP contribution in [0.2, 0.25) is 0 Å². The molecule has 0 spiro atoms. The topological polar surface area (TPSA) is 75.9 Å². The van der Waals surface area contributed by atoms with E-state index in [1.54, 1.807) is 0 Å². The number of nitrogens with two attached hydrogens (primary N) is 1. The van der Waals surface area contributed by atoms with Crippen molar-refractivity contribution < 1.29 is 14.3 Å². The molecule has 3 aliphatic rings. The van der Waals surface area contributed by atoms with Crippen LogP contribution in [0, 0.1) is 0 Å². The second-order valence-corrected chi connectivity index (χ2v) is 6.60. The zero-order valence-electron chi connectivity index (χ0n) is 12.6. The van der Waals surface area contributed by atoms with Gasteiger partial charge in [-0.1, -0.05) is 0 Å². The van der Waals surface area contributed by atoms with Gasteiger partial charge in [0.1, 0.15) is 6.10 Å². The maximum atomic E-state index is 12.3. The standard InChI is InChI=1S/C15H25N3O3/c16-15(4-2-5-15)11-13(19)17-6-8-18(9-7-17)14(20)12-3-1-10-21-12/h12H,1-11,16H2. The first-order valence-corrected chi connectivity index (χ1v) is 8.04. The lowest BCUT2D eigenvalue weighted by atomic mass is 9.75. The van der Waals surface area contributed by atoms with Crippen LogP contribution in [0.15, 0.2) is 0 Å². The Labute approximate surface area is 125 Å². The molecule has 0 aromatic rings. The Hall–Kier alpha value is -1.14. The third kappa shape index (κ3) is 3.21. The summed E-state index contributed by atoms with van der Waals surface area (Å²) in [7, 11) is 0. The highest BCUT2D eigenvalue weighted by Gasteiger charge is 2.37. The second-order valence-electron chi connectivity index (χ2n) is 6.60. The normalized spacial score (nSPS) is 28.3. The smallest absolute Gasteiger partial charge is 0.251 e. The van der Waals surface area contributed by atoms with Crippen LogP contribution < -0.4 is 5.73 Å². The van der Waals surface area contributed by atoms with Crippen molar-refractivity contribution in [3.8, 4) is 0 Å². The fourth-order valence-corrected chi connectivity index (χ4v) is 3.37. The van der Waals surface area contributed by atoms with Gasteiger partial charge in [0.15, 0.2) is 0 Å². The average Bonchev–Trinajstić information content (AvgIpc) is 2.99. The van der Waals surface area contributed by atoms with E-state index >= 15 is 0 Å². The van der Waals surface area contributed by atoms with Gasteiger partial charge in [0.25, 0.3) is 5.91 Å². The zero-order chi connectivity index (χ0) is 14.9. The number of carbonyl (C=O) groups is 2. The molecule has 21 heavy (non-hydrogen) atoms. The lowest BCUT2D eigenvalue weighted by molar-refractivity contribution is -0.146. The zero-order valence-corrected chi connectivity index (χ0v) is 12.6. The van der Waals surface area contributed by atoms with Gasteiger partial charge in [0.05, 0.1) is 0 Å². The lowest BCUT2D eigenvalue weighted by Crippen LogP contribution is -2.55. The van der Waals surface area contributed by atoms with E-state index in [2.05, 4.69) is 0 Å². The van der Waals surface area contributed by atoms with Crippen molar-refractivity contribution in [3.05, 3.63) is 0 Å². The molecular formula is C15H25N3O3. The van der Waals surface area contributed by atoms with Crippen LogP contribution in [0.25, 0.3) is 0 Å². The Morgan fingerprint density at radius 2 is 1.76 bits per heavy atom. The molecule has 1 saturated carbocycles. The summed E-state index contributed by atoms with van der Waals surface area (Å²) >= 11 is 0. The summed E-state index contributed by atoms with van der Waals surface area (Å²) in [6.07, 6.45) is 5.03. The third-order valence-electron chi connectivity index (χ3n) is 5.00. The Morgan fingerprint density at radius 1 is 1.10 bits per heavy atom. The number of amides is 2. The van der Waals surface area contributed by atoms with E-state index in [-0.39, 0.29) is 23.5 Å². The molecule has 3 rings (SSSR count). The monoisotopic (exact) mass is 295 g/mol. The van der Waals surface area contributed by atoms with Crippen molar-refractivity contribution in [2.24, 2.45) is 5.73 Å². The first-order chi connectivity index (χ1) is 10.1. The maximum Gasteiger partial charge on any atom is 0.251 e. The molecule has 118 valence electrons. The lowest BCUT2D eigenvalue weighted by Gasteiger charge is -2.41. The predicted octanol–water partition coefficient (Wildman–Crippen LogP) is 0.108. The van der Waals surface area contributed by atoms with Crippen molar-refractivity contribution in [2.45, 2.75) is 50.2 Å². The van der Waals surface area contributed by atoms with Crippen LogP contribution in [0.1, 0.15) is 38.5 Å². The van der Waals surface area contributed by atoms with Gasteiger partial charge in [-0.25, -0.2) is 0 Å². The summed E-state index contributed by atoms with van der Waals surface area (Å²) in [5.41, 5.74) is 5.88. The summed E-state index contributed by atoms with van der Waals surface area (Å²) in [5.74, 6) is 0.232. The number of hydrogen-bond donors (Lipinski definition) is 1. The number of rotatable bonds is 3. The van der Waals surface area contributed by atoms with E-state index < -0.39 is 0 Å². The second kappa shape index (κ2) is 5.93. The van der Waals surface area contributed by atoms with Crippen molar-refractivity contribution in [1.82, 2.24) is 9.80 Å². The van der Waals surface area contributed by atoms with Gasteiger partial charge in [-0.15, -0.1) is 0 Å². The van der Waals surface area contributed by atoms with Crippen LogP contribution in [-0.4, -0.2) is 66.0 Å². The summed E-state index contributed by atoms with van der Waals surface area (Å²) in [6.45, 7) is 3.15. The van der Waals surface area contributed by atoms with Crippen molar-refractivity contribution in [3.63, 3.8) is 0 Å². The first-order valence-electron chi connectivity index (χ1n) is 8.04. The number of hydrogen-bond acceptors (Lipinski definition) is 4. The van der Waals surface area contributed by atoms with Gasteiger partial charge >= 0.3 is 0 Å². The molecule has 1 aliphatic carbocycles. The molecule has 1 unspecified atom stereocenters. The van der Waals surface area contributed by atoms with Gasteiger partial charge in [-0.2, -0.15) is 0 Å². The van der Waals surface area contributed by atoms with E-state index in [1.165, 1.54) is 0 Å². The summed E-state index contributed by atoms with van der Waals surface area (Å²) in [6, 6.07) is 0. The predicted molar refractivity (Wildman–Crippen MR) is 77.5 cm³/mol. The van der Waals surface area contributed by atoms with Crippen LogP contribution in [0.3, 0.4) is 0 Å². The van der Waals surface area contributed by atoms with Crippen molar-refractivity contribution >= 4 is 11.8 Å². The Bertz CT molecular complexity index is 408. The van der Waals surface area contributed by atoms with E-state index in [0.29, 0.717) is 39.2 Å². The molecule has 2 N–H and O–H groups in total. The molecule has 2 aliphatic heterocycles. The van der Waals surface area contributed by atoms with Crippen molar-refractivity contribution in [2.75, 3.05) is 32.8 Å². The highest BCUT2D eigenvalue weighted by Crippen LogP contribution is 2.32. The largest absolute Gasteiger partial charge is 0.368 e. The van der Waals surface area contributed by atoms with Crippen LogP contribution >= 0.6 is 0 Å². The van der Waals surface area contributed by atoms with E-state index in [4.69, 9.17) is 10.5 Å². The molecule has 2 saturated heterocycles. The molecule has 0 aromatic carbocycles. The maximum absolute atomic E-state index is 12.3. The quantitative estimate of drug-likeness (QED) is 0.801. The van der Waals surface area contributed by atoms with Crippen molar-refractivity contribution in [1.29, 1.82) is 0 Å². The molecule has 3 fully saturated rings. The van der Waals surface area contributed by atoms with Gasteiger partial charge in [-0.05, 0) is 32.1 Å². The van der Waals surface area contributed by atoms with Gasteiger partial charge < -0.3 is 20.3 Å². The van der Waals surface area contributed by atoms with Crippen LogP contribution in [0.4, 0.5) is 0 Å². The van der Waals surface area contributed by atoms with Crippen LogP contribution in [0.5, 0.6) is 0 Å². The first kappa shape index (κ1) is 14.8. The fourth-order valence-electron chi connectivity index (χ4n) is 3.37. The molecule has 0 aromatic heterocycles. The molecular weight excluding hydrogens is 270 g/mol. The minimum absolute atomic E-state index is 0.0916. The Kier molecular flexibility index (Phi) is 4.17. The Balaban J connectivity index is 1.46. The molecule has 6 heteroatoms. The van der Waals surface area contributed by atoms with Gasteiger partial charge in [0, 0.05) is 44.7 Å². The third-order valence-corrected chi connectivity index (χ3v) is 5.00. The minimum atomic E-state index is -0.262. The average molecular weight is 295 g/mol. The highest BCUT2D eigenvalue weighted by atomic mass is 16.5. The number of carbonyl (C=O) groups excluding carboxylic acids is 2. The highest BCUT2D eigenvalue weighted by molar-refractivity contribution is 5.82. The molecule has 2 heterocycles. The summed E-state index contributed by atoms with van der Waals surface area (Å²) < 4.78 is 5.44. The van der Waals surface area contributed by atoms with Crippen LogP contribution in [-0.2, 0) is 14.3 Å². The molecule has 6 nitrogen and oxygen atoms in total.